The smallest absolute Gasteiger partial charge is 0.407 e. The van der Waals surface area contributed by atoms with Gasteiger partial charge < -0.3 is 10.1 Å². The number of carbonyl (C=O) groups is 1. The van der Waals surface area contributed by atoms with Crippen LogP contribution in [0.2, 0.25) is 0 Å². The Morgan fingerprint density at radius 3 is 2.37 bits per heavy atom. The predicted octanol–water partition coefficient (Wildman–Crippen LogP) is 4.01. The minimum absolute atomic E-state index is 0.109. The quantitative estimate of drug-likeness (QED) is 0.911. The van der Waals surface area contributed by atoms with E-state index < -0.39 is 5.60 Å². The van der Waals surface area contributed by atoms with E-state index in [0.717, 1.165) is 17.3 Å². The summed E-state index contributed by atoms with van der Waals surface area (Å²) >= 11 is 3.44. The van der Waals surface area contributed by atoms with Crippen LogP contribution in [0, 0.1) is 0 Å². The second-order valence-corrected chi connectivity index (χ2v) is 7.06. The van der Waals surface area contributed by atoms with Gasteiger partial charge in [0.05, 0.1) is 0 Å². The fraction of sp³-hybridized carbons (Fsp3) is 0.533. The topological polar surface area (TPSA) is 38.3 Å². The van der Waals surface area contributed by atoms with E-state index in [2.05, 4.69) is 33.4 Å². The van der Waals surface area contributed by atoms with Gasteiger partial charge in [-0.05, 0) is 51.3 Å². The van der Waals surface area contributed by atoms with Crippen molar-refractivity contribution < 1.29 is 9.53 Å². The number of hydrogen-bond donors (Lipinski definition) is 1. The lowest BCUT2D eigenvalue weighted by molar-refractivity contribution is 0.0522. The van der Waals surface area contributed by atoms with Crippen molar-refractivity contribution in [2.24, 2.45) is 0 Å². The summed E-state index contributed by atoms with van der Waals surface area (Å²) in [4.78, 5) is 11.7. The monoisotopic (exact) mass is 325 g/mol. The molecule has 0 radical (unpaired) electrons. The molecule has 1 saturated carbocycles. The van der Waals surface area contributed by atoms with Crippen LogP contribution in [0.5, 0.6) is 0 Å². The average molecular weight is 326 g/mol. The van der Waals surface area contributed by atoms with E-state index >= 15 is 0 Å². The maximum atomic E-state index is 11.7. The fourth-order valence-corrected chi connectivity index (χ4v) is 2.34. The molecule has 1 N–H and O–H groups in total. The number of benzene rings is 1. The zero-order chi connectivity index (χ0) is 14.1. The van der Waals surface area contributed by atoms with Crippen LogP contribution < -0.4 is 5.32 Å². The Kier molecular flexibility index (Phi) is 3.90. The molecule has 0 unspecified atom stereocenters. The molecule has 1 aliphatic carbocycles. The highest BCUT2D eigenvalue weighted by Crippen LogP contribution is 2.47. The second kappa shape index (κ2) is 5.16. The van der Waals surface area contributed by atoms with Gasteiger partial charge in [-0.25, -0.2) is 4.79 Å². The van der Waals surface area contributed by atoms with Crippen LogP contribution in [0.4, 0.5) is 4.79 Å². The van der Waals surface area contributed by atoms with Crippen LogP contribution in [0.3, 0.4) is 0 Å². The van der Waals surface area contributed by atoms with E-state index in [9.17, 15) is 4.79 Å². The molecule has 0 atom stereocenters. The van der Waals surface area contributed by atoms with Gasteiger partial charge >= 0.3 is 6.09 Å². The first-order valence-corrected chi connectivity index (χ1v) is 7.33. The van der Waals surface area contributed by atoms with Crippen molar-refractivity contribution in [3.05, 3.63) is 34.3 Å². The van der Waals surface area contributed by atoms with Crippen molar-refractivity contribution in [2.45, 2.75) is 44.6 Å². The third-order valence-corrected chi connectivity index (χ3v) is 3.81. The molecular formula is C15H20BrNO2. The van der Waals surface area contributed by atoms with Crippen molar-refractivity contribution in [1.82, 2.24) is 5.32 Å². The lowest BCUT2D eigenvalue weighted by atomic mass is 9.96. The van der Waals surface area contributed by atoms with Gasteiger partial charge in [-0.1, -0.05) is 28.1 Å². The van der Waals surface area contributed by atoms with Gasteiger partial charge in [-0.15, -0.1) is 0 Å². The van der Waals surface area contributed by atoms with Crippen LogP contribution in [-0.2, 0) is 10.2 Å². The number of hydrogen-bond acceptors (Lipinski definition) is 2. The predicted molar refractivity (Wildman–Crippen MR) is 79.3 cm³/mol. The Balaban J connectivity index is 1.92. The first-order valence-electron chi connectivity index (χ1n) is 6.54. The summed E-state index contributed by atoms with van der Waals surface area (Å²) in [6.07, 6.45) is 1.89. The van der Waals surface area contributed by atoms with E-state index in [1.165, 1.54) is 5.56 Å². The molecule has 104 valence electrons. The summed E-state index contributed by atoms with van der Waals surface area (Å²) in [5, 5.41) is 2.88. The summed E-state index contributed by atoms with van der Waals surface area (Å²) in [6.45, 7) is 6.25. The molecule has 1 aromatic carbocycles. The zero-order valence-corrected chi connectivity index (χ0v) is 13.2. The Hall–Kier alpha value is -1.03. The minimum atomic E-state index is -0.446. The van der Waals surface area contributed by atoms with Gasteiger partial charge in [0.2, 0.25) is 0 Å². The standard InChI is InChI=1S/C15H20BrNO2/c1-14(2,3)19-13(18)17-10-15(8-9-15)11-4-6-12(16)7-5-11/h4-7H,8-10H2,1-3H3,(H,17,18). The molecule has 4 heteroatoms. The summed E-state index contributed by atoms with van der Waals surface area (Å²) in [7, 11) is 0. The highest BCUT2D eigenvalue weighted by atomic mass is 79.9. The molecular weight excluding hydrogens is 306 g/mol. The molecule has 0 heterocycles. The van der Waals surface area contributed by atoms with Crippen LogP contribution in [0.25, 0.3) is 0 Å². The number of nitrogens with one attached hydrogen (secondary N) is 1. The Bertz CT molecular complexity index is 458. The number of halogens is 1. The van der Waals surface area contributed by atoms with Gasteiger partial charge in [0.15, 0.2) is 0 Å². The minimum Gasteiger partial charge on any atom is -0.444 e. The normalized spacial score (nSPS) is 16.8. The van der Waals surface area contributed by atoms with Gasteiger partial charge in [-0.2, -0.15) is 0 Å². The maximum absolute atomic E-state index is 11.7. The van der Waals surface area contributed by atoms with Crippen molar-refractivity contribution in [1.29, 1.82) is 0 Å². The van der Waals surface area contributed by atoms with Crippen LogP contribution >= 0.6 is 15.9 Å². The van der Waals surface area contributed by atoms with Crippen LogP contribution in [0.15, 0.2) is 28.7 Å². The molecule has 0 aromatic heterocycles. The van der Waals surface area contributed by atoms with Crippen molar-refractivity contribution in [3.63, 3.8) is 0 Å². The first-order chi connectivity index (χ1) is 8.81. The lowest BCUT2D eigenvalue weighted by Gasteiger charge is -2.22. The van der Waals surface area contributed by atoms with E-state index in [1.54, 1.807) is 0 Å². The van der Waals surface area contributed by atoms with Crippen molar-refractivity contribution >= 4 is 22.0 Å². The molecule has 1 aliphatic rings. The summed E-state index contributed by atoms with van der Waals surface area (Å²) in [5.41, 5.74) is 0.947. The third kappa shape index (κ3) is 3.96. The molecule has 2 rings (SSSR count). The number of rotatable bonds is 3. The Morgan fingerprint density at radius 2 is 1.89 bits per heavy atom. The van der Waals surface area contributed by atoms with Gasteiger partial charge in [0.25, 0.3) is 0 Å². The molecule has 19 heavy (non-hydrogen) atoms. The number of amides is 1. The second-order valence-electron chi connectivity index (χ2n) is 6.14. The Morgan fingerprint density at radius 1 is 1.32 bits per heavy atom. The van der Waals surface area contributed by atoms with Gasteiger partial charge in [0, 0.05) is 16.4 Å². The molecule has 1 aromatic rings. The van der Waals surface area contributed by atoms with E-state index in [1.807, 2.05) is 32.9 Å². The van der Waals surface area contributed by atoms with E-state index in [4.69, 9.17) is 4.74 Å². The number of carbonyl (C=O) groups excluding carboxylic acids is 1. The van der Waals surface area contributed by atoms with Gasteiger partial charge in [0.1, 0.15) is 5.60 Å². The third-order valence-electron chi connectivity index (χ3n) is 3.28. The Labute approximate surface area is 122 Å². The molecule has 0 bridgehead atoms. The van der Waals surface area contributed by atoms with Crippen molar-refractivity contribution in [3.8, 4) is 0 Å². The maximum Gasteiger partial charge on any atom is 0.407 e. The highest BCUT2D eigenvalue weighted by molar-refractivity contribution is 9.10. The highest BCUT2D eigenvalue weighted by Gasteiger charge is 2.44. The molecule has 1 fully saturated rings. The molecule has 0 spiro atoms. The summed E-state index contributed by atoms with van der Waals surface area (Å²) in [6, 6.07) is 8.33. The molecule has 0 saturated heterocycles. The number of alkyl carbamates (subject to hydrolysis) is 1. The summed E-state index contributed by atoms with van der Waals surface area (Å²) in [5.74, 6) is 0. The average Bonchev–Trinajstić information content (AvgIpc) is 3.06. The molecule has 0 aliphatic heterocycles. The zero-order valence-electron chi connectivity index (χ0n) is 11.6. The van der Waals surface area contributed by atoms with E-state index in [-0.39, 0.29) is 11.5 Å². The fourth-order valence-electron chi connectivity index (χ4n) is 2.08. The van der Waals surface area contributed by atoms with Gasteiger partial charge in [-0.3, -0.25) is 0 Å². The molecule has 1 amide bonds. The lowest BCUT2D eigenvalue weighted by Crippen LogP contribution is -2.37. The SMILES string of the molecule is CC(C)(C)OC(=O)NCC1(c2ccc(Br)cc2)CC1. The van der Waals surface area contributed by atoms with Crippen LogP contribution in [0.1, 0.15) is 39.2 Å². The largest absolute Gasteiger partial charge is 0.444 e. The van der Waals surface area contributed by atoms with Crippen LogP contribution in [-0.4, -0.2) is 18.2 Å². The van der Waals surface area contributed by atoms with E-state index in [0.29, 0.717) is 6.54 Å². The number of ether oxygens (including phenoxy) is 1. The first kappa shape index (κ1) is 14.4. The molecule has 3 nitrogen and oxygen atoms in total. The van der Waals surface area contributed by atoms with Crippen molar-refractivity contribution in [2.75, 3.05) is 6.54 Å². The summed E-state index contributed by atoms with van der Waals surface area (Å²) < 4.78 is 6.33.